The Bertz CT molecular complexity index is 940. The van der Waals surface area contributed by atoms with Crippen LogP contribution >= 0.6 is 11.3 Å². The highest BCUT2D eigenvalue weighted by Crippen LogP contribution is 2.27. The van der Waals surface area contributed by atoms with Gasteiger partial charge in [-0.15, -0.1) is 11.3 Å². The van der Waals surface area contributed by atoms with E-state index in [-0.39, 0.29) is 0 Å². The third-order valence-electron chi connectivity index (χ3n) is 4.40. The molecule has 0 unspecified atom stereocenters. The molecule has 1 N–H and O–H groups in total. The van der Waals surface area contributed by atoms with Crippen molar-refractivity contribution in [3.05, 3.63) is 53.5 Å². The van der Waals surface area contributed by atoms with E-state index in [9.17, 15) is 8.42 Å². The molecule has 126 valence electrons. The van der Waals surface area contributed by atoms with E-state index in [1.54, 1.807) is 23.7 Å². The Hall–Kier alpha value is -1.67. The average Bonchev–Trinajstić information content (AvgIpc) is 3.27. The van der Waals surface area contributed by atoms with Gasteiger partial charge < -0.3 is 5.32 Å². The molecular formula is C17H19N3O2S2. The molecule has 0 aliphatic carbocycles. The second-order valence-electron chi connectivity index (χ2n) is 5.92. The van der Waals surface area contributed by atoms with Crippen LogP contribution in [-0.2, 0) is 16.6 Å². The van der Waals surface area contributed by atoms with Gasteiger partial charge in [-0.1, -0.05) is 18.2 Å². The summed E-state index contributed by atoms with van der Waals surface area (Å²) in [5, 5.41) is 6.15. The third-order valence-corrected chi connectivity index (χ3v) is 7.46. The topological polar surface area (TPSA) is 54.3 Å². The number of aromatic nitrogens is 1. The van der Waals surface area contributed by atoms with Gasteiger partial charge in [0.25, 0.3) is 10.0 Å². The highest BCUT2D eigenvalue weighted by molar-refractivity contribution is 7.92. The normalized spacial score (nSPS) is 16.7. The van der Waals surface area contributed by atoms with Gasteiger partial charge in [0.2, 0.25) is 0 Å². The molecule has 1 fully saturated rings. The maximum atomic E-state index is 12.8. The first-order valence-electron chi connectivity index (χ1n) is 7.97. The molecule has 1 saturated heterocycles. The van der Waals surface area contributed by atoms with Crippen LogP contribution < -0.4 is 5.32 Å². The number of piperazine rings is 1. The molecule has 0 spiro atoms. The van der Waals surface area contributed by atoms with Gasteiger partial charge in [0.1, 0.15) is 4.21 Å². The molecule has 1 aliphatic rings. The second kappa shape index (κ2) is 6.33. The Labute approximate surface area is 145 Å². The fourth-order valence-corrected chi connectivity index (χ4v) is 5.60. The standard InChI is InChI=1S/C17H19N3O2S2/c21-24(22,17-5-2-12-23-17)20-9-6-15-14(3-1-4-16(15)20)13-19-10-7-18-8-11-19/h1-6,9,12,18H,7-8,10-11,13H2. The van der Waals surface area contributed by atoms with Gasteiger partial charge in [0.05, 0.1) is 5.52 Å². The molecule has 0 radical (unpaired) electrons. The van der Waals surface area contributed by atoms with E-state index >= 15 is 0 Å². The summed E-state index contributed by atoms with van der Waals surface area (Å²) in [6.45, 7) is 4.89. The number of hydrogen-bond donors (Lipinski definition) is 1. The van der Waals surface area contributed by atoms with Gasteiger partial charge in [-0.05, 0) is 29.1 Å². The summed E-state index contributed by atoms with van der Waals surface area (Å²) in [6.07, 6.45) is 1.67. The van der Waals surface area contributed by atoms with Crippen LogP contribution in [0.1, 0.15) is 5.56 Å². The van der Waals surface area contributed by atoms with Crippen molar-refractivity contribution in [2.45, 2.75) is 10.8 Å². The molecule has 2 aromatic heterocycles. The van der Waals surface area contributed by atoms with E-state index in [1.807, 2.05) is 18.2 Å². The van der Waals surface area contributed by atoms with Crippen LogP contribution in [0.2, 0.25) is 0 Å². The predicted molar refractivity (Wildman–Crippen MR) is 97.0 cm³/mol. The van der Waals surface area contributed by atoms with E-state index in [1.165, 1.54) is 20.9 Å². The summed E-state index contributed by atoms with van der Waals surface area (Å²) in [4.78, 5) is 2.40. The summed E-state index contributed by atoms with van der Waals surface area (Å²) in [5.41, 5.74) is 1.92. The molecule has 0 atom stereocenters. The molecule has 3 aromatic rings. The first-order valence-corrected chi connectivity index (χ1v) is 10.3. The Morgan fingerprint density at radius 3 is 2.67 bits per heavy atom. The maximum Gasteiger partial charge on any atom is 0.277 e. The van der Waals surface area contributed by atoms with E-state index in [0.717, 1.165) is 43.6 Å². The number of thiophene rings is 1. The van der Waals surface area contributed by atoms with Crippen LogP contribution in [0.4, 0.5) is 0 Å². The molecule has 0 amide bonds. The van der Waals surface area contributed by atoms with Crippen molar-refractivity contribution >= 4 is 32.3 Å². The summed E-state index contributed by atoms with van der Waals surface area (Å²) >= 11 is 1.25. The Morgan fingerprint density at radius 2 is 1.92 bits per heavy atom. The first kappa shape index (κ1) is 15.8. The van der Waals surface area contributed by atoms with E-state index in [0.29, 0.717) is 4.21 Å². The number of nitrogens with zero attached hydrogens (tertiary/aromatic N) is 2. The Morgan fingerprint density at radius 1 is 1.08 bits per heavy atom. The van der Waals surface area contributed by atoms with Crippen molar-refractivity contribution in [2.24, 2.45) is 0 Å². The van der Waals surface area contributed by atoms with Crippen molar-refractivity contribution in [2.75, 3.05) is 26.2 Å². The van der Waals surface area contributed by atoms with E-state index in [4.69, 9.17) is 0 Å². The molecular weight excluding hydrogens is 342 g/mol. The summed E-state index contributed by atoms with van der Waals surface area (Å²) in [5.74, 6) is 0. The number of nitrogens with one attached hydrogen (secondary N) is 1. The highest BCUT2D eigenvalue weighted by atomic mass is 32.2. The molecule has 0 bridgehead atoms. The molecule has 4 rings (SSSR count). The fourth-order valence-electron chi connectivity index (χ4n) is 3.17. The minimum absolute atomic E-state index is 0.368. The van der Waals surface area contributed by atoms with Crippen molar-refractivity contribution in [1.82, 2.24) is 14.2 Å². The molecule has 1 aromatic carbocycles. The van der Waals surface area contributed by atoms with Crippen molar-refractivity contribution in [3.8, 4) is 0 Å². The van der Waals surface area contributed by atoms with Gasteiger partial charge in [-0.3, -0.25) is 4.90 Å². The number of benzene rings is 1. The lowest BCUT2D eigenvalue weighted by atomic mass is 10.1. The second-order valence-corrected chi connectivity index (χ2v) is 8.91. The smallest absolute Gasteiger partial charge is 0.277 e. The van der Waals surface area contributed by atoms with Crippen LogP contribution in [0.15, 0.2) is 52.2 Å². The lowest BCUT2D eigenvalue weighted by Gasteiger charge is -2.27. The molecule has 0 saturated carbocycles. The maximum absolute atomic E-state index is 12.8. The SMILES string of the molecule is O=S(=O)(c1cccs1)n1ccc2c(CN3CCNCC3)cccc21. The number of rotatable bonds is 4. The Balaban J connectivity index is 1.74. The summed E-state index contributed by atoms with van der Waals surface area (Å²) < 4.78 is 27.4. The van der Waals surface area contributed by atoms with Gasteiger partial charge >= 0.3 is 0 Å². The lowest BCUT2D eigenvalue weighted by Crippen LogP contribution is -2.42. The first-order chi connectivity index (χ1) is 11.7. The van der Waals surface area contributed by atoms with Crippen molar-refractivity contribution in [3.63, 3.8) is 0 Å². The van der Waals surface area contributed by atoms with E-state index in [2.05, 4.69) is 16.3 Å². The molecule has 1 aliphatic heterocycles. The zero-order valence-electron chi connectivity index (χ0n) is 13.2. The Kier molecular flexibility index (Phi) is 4.17. The zero-order chi connectivity index (χ0) is 16.6. The van der Waals surface area contributed by atoms with Gasteiger partial charge in [0, 0.05) is 44.3 Å². The summed E-state index contributed by atoms with van der Waals surface area (Å²) in [7, 11) is -3.52. The van der Waals surface area contributed by atoms with Crippen molar-refractivity contribution in [1.29, 1.82) is 0 Å². The lowest BCUT2D eigenvalue weighted by molar-refractivity contribution is 0.234. The van der Waals surface area contributed by atoms with Gasteiger partial charge in [0.15, 0.2) is 0 Å². The summed E-state index contributed by atoms with van der Waals surface area (Å²) in [6, 6.07) is 11.2. The van der Waals surface area contributed by atoms with Crippen molar-refractivity contribution < 1.29 is 8.42 Å². The quantitative estimate of drug-likeness (QED) is 0.775. The number of hydrogen-bond acceptors (Lipinski definition) is 5. The predicted octanol–water partition coefficient (Wildman–Crippen LogP) is 2.35. The fraction of sp³-hybridized carbons (Fsp3) is 0.294. The minimum Gasteiger partial charge on any atom is -0.314 e. The molecule has 24 heavy (non-hydrogen) atoms. The molecule has 5 nitrogen and oxygen atoms in total. The highest BCUT2D eigenvalue weighted by Gasteiger charge is 2.21. The van der Waals surface area contributed by atoms with Crippen LogP contribution in [0.3, 0.4) is 0 Å². The zero-order valence-corrected chi connectivity index (χ0v) is 14.8. The minimum atomic E-state index is -3.52. The van der Waals surface area contributed by atoms with Crippen LogP contribution in [0.5, 0.6) is 0 Å². The molecule has 3 heterocycles. The monoisotopic (exact) mass is 361 g/mol. The largest absolute Gasteiger partial charge is 0.314 e. The number of fused-ring (bicyclic) bond motifs is 1. The van der Waals surface area contributed by atoms with Crippen LogP contribution in [0.25, 0.3) is 10.9 Å². The van der Waals surface area contributed by atoms with E-state index < -0.39 is 10.0 Å². The van der Waals surface area contributed by atoms with Gasteiger partial charge in [-0.2, -0.15) is 8.42 Å². The third kappa shape index (κ3) is 2.77. The van der Waals surface area contributed by atoms with Crippen LogP contribution in [0, 0.1) is 0 Å². The van der Waals surface area contributed by atoms with Gasteiger partial charge in [-0.25, -0.2) is 3.97 Å². The average molecular weight is 361 g/mol. The molecule has 7 heteroatoms. The van der Waals surface area contributed by atoms with Crippen LogP contribution in [-0.4, -0.2) is 43.5 Å².